The summed E-state index contributed by atoms with van der Waals surface area (Å²) in [6.45, 7) is 0. The first-order valence-corrected chi connectivity index (χ1v) is 8.05. The lowest BCUT2D eigenvalue weighted by Crippen LogP contribution is -2.34. The van der Waals surface area contributed by atoms with Crippen LogP contribution in [0.1, 0.15) is 23.2 Å². The number of benzene rings is 2. The third-order valence-electron chi connectivity index (χ3n) is 5.46. The highest BCUT2D eigenvalue weighted by Crippen LogP contribution is 2.56. The predicted octanol–water partition coefficient (Wildman–Crippen LogP) is 2.10. The number of anilines is 1. The first kappa shape index (κ1) is 14.3. The summed E-state index contributed by atoms with van der Waals surface area (Å²) < 4.78 is 0. The van der Waals surface area contributed by atoms with Crippen LogP contribution in [0.4, 0.5) is 11.4 Å². The number of amides is 2. The fraction of sp³-hybridized carbons (Fsp3) is 0.222. The number of imide groups is 1. The van der Waals surface area contributed by atoms with E-state index < -0.39 is 16.8 Å². The molecule has 7 nitrogen and oxygen atoms in total. The van der Waals surface area contributed by atoms with Crippen molar-refractivity contribution in [3.63, 3.8) is 0 Å². The van der Waals surface area contributed by atoms with Gasteiger partial charge in [-0.05, 0) is 23.3 Å². The van der Waals surface area contributed by atoms with Gasteiger partial charge in [0.1, 0.15) is 0 Å². The molecule has 2 amide bonds. The Bertz CT molecular complexity index is 893. The summed E-state index contributed by atoms with van der Waals surface area (Å²) in [5, 5.41) is 14.2. The largest absolute Gasteiger partial charge is 0.301 e. The average molecular weight is 335 g/mol. The SMILES string of the molecule is O=C1[C@@H]2[C@H](C(=O)N1c1ccc([N+](=O)[O-])cc1)[C@@H]1N[C@H]2c2ccccc21. The molecule has 3 aliphatic heterocycles. The molecule has 7 heteroatoms. The number of carbonyl (C=O) groups excluding carboxylic acids is 2. The fourth-order valence-corrected chi connectivity index (χ4v) is 4.44. The molecule has 1 N–H and O–H groups in total. The molecule has 3 aliphatic rings. The van der Waals surface area contributed by atoms with Gasteiger partial charge in [-0.2, -0.15) is 0 Å². The molecule has 0 spiro atoms. The minimum Gasteiger partial charge on any atom is -0.301 e. The Morgan fingerprint density at radius 1 is 0.880 bits per heavy atom. The van der Waals surface area contributed by atoms with Crippen LogP contribution in [0.5, 0.6) is 0 Å². The van der Waals surface area contributed by atoms with Crippen LogP contribution < -0.4 is 10.2 Å². The zero-order chi connectivity index (χ0) is 17.3. The van der Waals surface area contributed by atoms with Gasteiger partial charge in [0.2, 0.25) is 11.8 Å². The highest BCUT2D eigenvalue weighted by atomic mass is 16.6. The average Bonchev–Trinajstić information content (AvgIpc) is 3.26. The molecule has 25 heavy (non-hydrogen) atoms. The fourth-order valence-electron chi connectivity index (χ4n) is 4.44. The van der Waals surface area contributed by atoms with E-state index in [4.69, 9.17) is 0 Å². The van der Waals surface area contributed by atoms with E-state index in [1.165, 1.54) is 29.2 Å². The van der Waals surface area contributed by atoms with Crippen LogP contribution in [0.2, 0.25) is 0 Å². The number of hydrogen-bond acceptors (Lipinski definition) is 5. The molecule has 3 heterocycles. The Hall–Kier alpha value is -3.06. The first-order chi connectivity index (χ1) is 12.1. The second kappa shape index (κ2) is 4.73. The lowest BCUT2D eigenvalue weighted by molar-refractivity contribution is -0.384. The smallest absolute Gasteiger partial charge is 0.269 e. The van der Waals surface area contributed by atoms with E-state index in [0.29, 0.717) is 5.69 Å². The molecule has 5 rings (SSSR count). The molecule has 0 aromatic heterocycles. The highest BCUT2D eigenvalue weighted by Gasteiger charge is 2.63. The minimum absolute atomic E-state index is 0.0721. The summed E-state index contributed by atoms with van der Waals surface area (Å²) in [4.78, 5) is 37.4. The number of nitrogens with zero attached hydrogens (tertiary/aromatic N) is 2. The summed E-state index contributed by atoms with van der Waals surface area (Å²) in [6.07, 6.45) is 0. The molecular weight excluding hydrogens is 322 g/mol. The molecular formula is C18H13N3O4. The maximum absolute atomic E-state index is 12.9. The van der Waals surface area contributed by atoms with Gasteiger partial charge >= 0.3 is 0 Å². The predicted molar refractivity (Wildman–Crippen MR) is 87.6 cm³/mol. The van der Waals surface area contributed by atoms with Crippen LogP contribution in [0.25, 0.3) is 0 Å². The Morgan fingerprint density at radius 3 is 1.88 bits per heavy atom. The molecule has 2 bridgehead atoms. The third-order valence-corrected chi connectivity index (χ3v) is 5.46. The maximum atomic E-state index is 12.9. The van der Waals surface area contributed by atoms with Gasteiger partial charge < -0.3 is 5.32 Å². The second-order valence-corrected chi connectivity index (χ2v) is 6.59. The van der Waals surface area contributed by atoms with Crippen molar-refractivity contribution >= 4 is 23.2 Å². The molecule has 0 unspecified atom stereocenters. The number of non-ortho nitro benzene ring substituents is 1. The van der Waals surface area contributed by atoms with Crippen molar-refractivity contribution in [2.24, 2.45) is 11.8 Å². The molecule has 2 aromatic carbocycles. The number of nitrogens with one attached hydrogen (secondary N) is 1. The van der Waals surface area contributed by atoms with E-state index in [1.54, 1.807) is 0 Å². The third kappa shape index (κ3) is 1.73. The van der Waals surface area contributed by atoms with Gasteiger partial charge in [-0.1, -0.05) is 24.3 Å². The Kier molecular flexibility index (Phi) is 2.71. The number of rotatable bonds is 2. The molecule has 0 aliphatic carbocycles. The van der Waals surface area contributed by atoms with Crippen molar-refractivity contribution in [2.75, 3.05) is 4.90 Å². The van der Waals surface area contributed by atoms with Gasteiger partial charge in [0, 0.05) is 24.2 Å². The summed E-state index contributed by atoms with van der Waals surface area (Å²) >= 11 is 0. The Balaban J connectivity index is 1.54. The minimum atomic E-state index is -0.507. The van der Waals surface area contributed by atoms with Crippen molar-refractivity contribution in [1.29, 1.82) is 0 Å². The maximum Gasteiger partial charge on any atom is 0.269 e. The highest BCUT2D eigenvalue weighted by molar-refractivity contribution is 6.23. The first-order valence-electron chi connectivity index (χ1n) is 8.05. The van der Waals surface area contributed by atoms with E-state index in [-0.39, 0.29) is 29.6 Å². The number of carbonyl (C=O) groups is 2. The van der Waals surface area contributed by atoms with Crippen LogP contribution in [0, 0.1) is 22.0 Å². The monoisotopic (exact) mass is 335 g/mol. The molecule has 2 saturated heterocycles. The number of fused-ring (bicyclic) bond motifs is 8. The molecule has 4 atom stereocenters. The molecule has 124 valence electrons. The van der Waals surface area contributed by atoms with E-state index >= 15 is 0 Å². The van der Waals surface area contributed by atoms with Crippen molar-refractivity contribution in [3.8, 4) is 0 Å². The number of hydrogen-bond donors (Lipinski definition) is 1. The normalized spacial score (nSPS) is 29.0. The van der Waals surface area contributed by atoms with Crippen LogP contribution in [-0.4, -0.2) is 16.7 Å². The zero-order valence-electron chi connectivity index (χ0n) is 13.0. The number of nitro groups is 1. The quantitative estimate of drug-likeness (QED) is 0.515. The summed E-state index contributed by atoms with van der Waals surface area (Å²) in [6, 6.07) is 13.1. The van der Waals surface area contributed by atoms with E-state index in [2.05, 4.69) is 5.32 Å². The van der Waals surface area contributed by atoms with Gasteiger partial charge in [-0.25, -0.2) is 4.90 Å². The molecule has 0 radical (unpaired) electrons. The van der Waals surface area contributed by atoms with Gasteiger partial charge in [-0.15, -0.1) is 0 Å². The van der Waals surface area contributed by atoms with E-state index in [1.807, 2.05) is 24.3 Å². The van der Waals surface area contributed by atoms with Gasteiger partial charge in [-0.3, -0.25) is 19.7 Å². The zero-order valence-corrected chi connectivity index (χ0v) is 13.0. The summed E-state index contributed by atoms with van der Waals surface area (Å²) in [5.41, 5.74) is 2.48. The van der Waals surface area contributed by atoms with Crippen molar-refractivity contribution < 1.29 is 14.5 Å². The van der Waals surface area contributed by atoms with Crippen LogP contribution in [0.15, 0.2) is 48.5 Å². The van der Waals surface area contributed by atoms with Crippen molar-refractivity contribution in [3.05, 3.63) is 69.8 Å². The van der Waals surface area contributed by atoms with E-state index in [0.717, 1.165) is 11.1 Å². The molecule has 0 saturated carbocycles. The van der Waals surface area contributed by atoms with Crippen molar-refractivity contribution in [1.82, 2.24) is 5.32 Å². The second-order valence-electron chi connectivity index (χ2n) is 6.59. The topological polar surface area (TPSA) is 92.5 Å². The van der Waals surface area contributed by atoms with E-state index in [9.17, 15) is 19.7 Å². The molecule has 2 aromatic rings. The van der Waals surface area contributed by atoms with Gasteiger partial charge in [0.15, 0.2) is 0 Å². The lowest BCUT2D eigenvalue weighted by atomic mass is 9.77. The van der Waals surface area contributed by atoms with Gasteiger partial charge in [0.05, 0.1) is 22.4 Å². The van der Waals surface area contributed by atoms with Crippen LogP contribution in [-0.2, 0) is 9.59 Å². The van der Waals surface area contributed by atoms with Crippen LogP contribution in [0.3, 0.4) is 0 Å². The van der Waals surface area contributed by atoms with Gasteiger partial charge in [0.25, 0.3) is 5.69 Å². The summed E-state index contributed by atoms with van der Waals surface area (Å²) in [5.74, 6) is -1.30. The summed E-state index contributed by atoms with van der Waals surface area (Å²) in [7, 11) is 0. The molecule has 2 fully saturated rings. The lowest BCUT2D eigenvalue weighted by Gasteiger charge is -2.21. The Labute approximate surface area is 142 Å². The van der Waals surface area contributed by atoms with Crippen molar-refractivity contribution in [2.45, 2.75) is 12.1 Å². The van der Waals surface area contributed by atoms with Crippen LogP contribution >= 0.6 is 0 Å². The Morgan fingerprint density at radius 2 is 1.40 bits per heavy atom. The number of nitro benzene ring substituents is 1. The standard InChI is InChI=1S/C18H13N3O4/c22-17-13-14(16-12-4-2-1-3-11(12)15(13)19-16)18(23)20(17)9-5-7-10(8-6-9)21(24)25/h1-8,13-16,19H/t13-,14+,15+,16-.